The number of pyridine rings is 1. The number of primary amides is 1. The Kier molecular flexibility index (Phi) is 3.85. The highest BCUT2D eigenvalue weighted by Crippen LogP contribution is 2.33. The van der Waals surface area contributed by atoms with Crippen molar-refractivity contribution < 1.29 is 9.72 Å². The van der Waals surface area contributed by atoms with Crippen LogP contribution in [0.5, 0.6) is 0 Å². The quantitative estimate of drug-likeness (QED) is 0.665. The van der Waals surface area contributed by atoms with Gasteiger partial charge in [-0.3, -0.25) is 14.9 Å². The van der Waals surface area contributed by atoms with Crippen LogP contribution >= 0.6 is 0 Å². The fourth-order valence-electron chi connectivity index (χ4n) is 3.22. The molecule has 1 heterocycles. The van der Waals surface area contributed by atoms with Crippen molar-refractivity contribution in [3.63, 3.8) is 0 Å². The van der Waals surface area contributed by atoms with E-state index in [4.69, 9.17) is 5.73 Å². The van der Waals surface area contributed by atoms with E-state index in [0.29, 0.717) is 23.0 Å². The molecule has 2 aromatic rings. The zero-order valence-electron chi connectivity index (χ0n) is 12.8. The van der Waals surface area contributed by atoms with Crippen LogP contribution in [-0.4, -0.2) is 21.9 Å². The maximum absolute atomic E-state index is 11.3. The van der Waals surface area contributed by atoms with E-state index in [9.17, 15) is 14.9 Å². The third-order valence-corrected chi connectivity index (χ3v) is 4.34. The Balaban J connectivity index is 1.97. The predicted octanol–water partition coefficient (Wildman–Crippen LogP) is 2.52. The Morgan fingerprint density at radius 3 is 2.87 bits per heavy atom. The molecule has 0 saturated heterocycles. The standard InChI is InChI=1S/C16H18N4O3/c1-9-7-13(19-11-6-5-10(8-11)16(17)21)12-3-2-4-14(20(22)23)15(12)18-9/h2-4,7,10-11H,5-6,8H2,1H3,(H2,17,21)(H,18,19)/t10-,11+/m0/s1. The van der Waals surface area contributed by atoms with E-state index in [0.717, 1.165) is 18.5 Å². The largest absolute Gasteiger partial charge is 0.382 e. The average molecular weight is 314 g/mol. The number of nitrogens with one attached hydrogen (secondary N) is 1. The highest BCUT2D eigenvalue weighted by Gasteiger charge is 2.29. The number of benzene rings is 1. The van der Waals surface area contributed by atoms with Crippen LogP contribution in [0.3, 0.4) is 0 Å². The molecular formula is C16H18N4O3. The van der Waals surface area contributed by atoms with Gasteiger partial charge in [-0.25, -0.2) is 4.98 Å². The summed E-state index contributed by atoms with van der Waals surface area (Å²) in [5.41, 5.74) is 7.26. The molecular weight excluding hydrogens is 296 g/mol. The van der Waals surface area contributed by atoms with Gasteiger partial charge in [-0.1, -0.05) is 12.1 Å². The summed E-state index contributed by atoms with van der Waals surface area (Å²) < 4.78 is 0. The summed E-state index contributed by atoms with van der Waals surface area (Å²) in [6, 6.07) is 6.94. The summed E-state index contributed by atoms with van der Waals surface area (Å²) in [6.07, 6.45) is 2.31. The van der Waals surface area contributed by atoms with Crippen molar-refractivity contribution >= 4 is 28.2 Å². The molecule has 0 bridgehead atoms. The fourth-order valence-corrected chi connectivity index (χ4v) is 3.22. The van der Waals surface area contributed by atoms with Crippen LogP contribution in [0.2, 0.25) is 0 Å². The molecule has 1 amide bonds. The molecule has 0 aliphatic heterocycles. The minimum Gasteiger partial charge on any atom is -0.382 e. The summed E-state index contributed by atoms with van der Waals surface area (Å²) in [5, 5.41) is 15.3. The van der Waals surface area contributed by atoms with Gasteiger partial charge in [0.25, 0.3) is 5.69 Å². The number of hydrogen-bond donors (Lipinski definition) is 2. The van der Waals surface area contributed by atoms with Crippen molar-refractivity contribution in [3.05, 3.63) is 40.1 Å². The SMILES string of the molecule is Cc1cc(N[C@@H]2CC[C@H](C(N)=O)C2)c2cccc([N+](=O)[O-])c2n1. The molecule has 3 N–H and O–H groups in total. The van der Waals surface area contributed by atoms with Gasteiger partial charge in [0.1, 0.15) is 0 Å². The summed E-state index contributed by atoms with van der Waals surface area (Å²) >= 11 is 0. The van der Waals surface area contributed by atoms with Gasteiger partial charge in [0.05, 0.1) is 4.92 Å². The first kappa shape index (κ1) is 15.2. The molecule has 0 spiro atoms. The number of amides is 1. The molecule has 1 fully saturated rings. The molecule has 3 rings (SSSR count). The number of carbonyl (C=O) groups excluding carboxylic acids is 1. The molecule has 2 atom stereocenters. The van der Waals surface area contributed by atoms with Crippen LogP contribution in [0.25, 0.3) is 10.9 Å². The van der Waals surface area contributed by atoms with E-state index in [1.54, 1.807) is 6.07 Å². The molecule has 0 radical (unpaired) electrons. The number of aryl methyl sites for hydroxylation is 1. The van der Waals surface area contributed by atoms with Gasteiger partial charge in [0, 0.05) is 34.8 Å². The fraction of sp³-hybridized carbons (Fsp3) is 0.375. The zero-order valence-corrected chi connectivity index (χ0v) is 12.8. The van der Waals surface area contributed by atoms with Gasteiger partial charge in [-0.2, -0.15) is 0 Å². The highest BCUT2D eigenvalue weighted by atomic mass is 16.6. The number of hydrogen-bond acceptors (Lipinski definition) is 5. The summed E-state index contributed by atoms with van der Waals surface area (Å²) in [4.78, 5) is 26.4. The van der Waals surface area contributed by atoms with Crippen LogP contribution in [0.4, 0.5) is 11.4 Å². The van der Waals surface area contributed by atoms with E-state index < -0.39 is 4.92 Å². The molecule has 1 aromatic heterocycles. The van der Waals surface area contributed by atoms with E-state index in [1.807, 2.05) is 19.1 Å². The topological polar surface area (TPSA) is 111 Å². The number of non-ortho nitro benzene ring substituents is 1. The van der Waals surface area contributed by atoms with Gasteiger partial charge in [-0.15, -0.1) is 0 Å². The lowest BCUT2D eigenvalue weighted by atomic mass is 10.1. The highest BCUT2D eigenvalue weighted by molar-refractivity contribution is 5.96. The lowest BCUT2D eigenvalue weighted by Gasteiger charge is -2.16. The van der Waals surface area contributed by atoms with E-state index in [1.165, 1.54) is 6.07 Å². The van der Waals surface area contributed by atoms with Crippen molar-refractivity contribution in [2.45, 2.75) is 32.2 Å². The number of aromatic nitrogens is 1. The van der Waals surface area contributed by atoms with Crippen molar-refractivity contribution in [1.29, 1.82) is 0 Å². The molecule has 0 unspecified atom stereocenters. The van der Waals surface area contributed by atoms with Crippen LogP contribution < -0.4 is 11.1 Å². The van der Waals surface area contributed by atoms with Crippen LogP contribution in [-0.2, 0) is 4.79 Å². The average Bonchev–Trinajstić information content (AvgIpc) is 2.95. The molecule has 1 aromatic carbocycles. The molecule has 1 saturated carbocycles. The van der Waals surface area contributed by atoms with E-state index in [-0.39, 0.29) is 23.6 Å². The first-order valence-electron chi connectivity index (χ1n) is 7.56. The molecule has 23 heavy (non-hydrogen) atoms. The number of nitrogens with zero attached hydrogens (tertiary/aromatic N) is 2. The molecule has 1 aliphatic rings. The number of carbonyl (C=O) groups is 1. The number of nitrogens with two attached hydrogens (primary N) is 1. The van der Waals surface area contributed by atoms with Crippen LogP contribution in [0.1, 0.15) is 25.0 Å². The lowest BCUT2D eigenvalue weighted by molar-refractivity contribution is -0.383. The zero-order chi connectivity index (χ0) is 16.6. The monoisotopic (exact) mass is 314 g/mol. The summed E-state index contributed by atoms with van der Waals surface area (Å²) in [5.74, 6) is -0.364. The smallest absolute Gasteiger partial charge is 0.295 e. The van der Waals surface area contributed by atoms with E-state index in [2.05, 4.69) is 10.3 Å². The second kappa shape index (κ2) is 5.83. The minimum atomic E-state index is -0.419. The first-order valence-corrected chi connectivity index (χ1v) is 7.56. The van der Waals surface area contributed by atoms with Gasteiger partial charge in [0.2, 0.25) is 5.91 Å². The molecule has 1 aliphatic carbocycles. The first-order chi connectivity index (χ1) is 11.0. The van der Waals surface area contributed by atoms with Crippen LogP contribution in [0, 0.1) is 23.0 Å². The Bertz CT molecular complexity index is 790. The molecule has 7 nitrogen and oxygen atoms in total. The molecule has 120 valence electrons. The number of rotatable bonds is 4. The van der Waals surface area contributed by atoms with Crippen LogP contribution in [0.15, 0.2) is 24.3 Å². The van der Waals surface area contributed by atoms with Gasteiger partial charge in [0.15, 0.2) is 5.52 Å². The summed E-state index contributed by atoms with van der Waals surface area (Å²) in [7, 11) is 0. The Morgan fingerprint density at radius 2 is 2.22 bits per heavy atom. The normalized spacial score (nSPS) is 20.6. The Hall–Kier alpha value is -2.70. The van der Waals surface area contributed by atoms with Gasteiger partial charge >= 0.3 is 0 Å². The maximum Gasteiger partial charge on any atom is 0.295 e. The van der Waals surface area contributed by atoms with E-state index >= 15 is 0 Å². The van der Waals surface area contributed by atoms with Crippen molar-refractivity contribution in [3.8, 4) is 0 Å². The van der Waals surface area contributed by atoms with Gasteiger partial charge in [-0.05, 0) is 32.3 Å². The second-order valence-electron chi connectivity index (χ2n) is 6.00. The maximum atomic E-state index is 11.3. The number of anilines is 1. The Labute approximate surface area is 133 Å². The minimum absolute atomic E-state index is 0.00400. The third-order valence-electron chi connectivity index (χ3n) is 4.34. The molecule has 7 heteroatoms. The van der Waals surface area contributed by atoms with Gasteiger partial charge < -0.3 is 11.1 Å². The van der Waals surface area contributed by atoms with Crippen molar-refractivity contribution in [2.75, 3.05) is 5.32 Å². The number of nitro groups is 1. The number of para-hydroxylation sites is 1. The van der Waals surface area contributed by atoms with Crippen molar-refractivity contribution in [1.82, 2.24) is 4.98 Å². The lowest BCUT2D eigenvalue weighted by Crippen LogP contribution is -2.23. The third kappa shape index (κ3) is 2.94. The second-order valence-corrected chi connectivity index (χ2v) is 6.00. The number of fused-ring (bicyclic) bond motifs is 1. The summed E-state index contributed by atoms with van der Waals surface area (Å²) in [6.45, 7) is 1.81. The number of nitro benzene ring substituents is 1. The van der Waals surface area contributed by atoms with Crippen molar-refractivity contribution in [2.24, 2.45) is 11.7 Å². The Morgan fingerprint density at radius 1 is 1.43 bits per heavy atom. The predicted molar refractivity (Wildman–Crippen MR) is 87.1 cm³/mol.